The predicted octanol–water partition coefficient (Wildman–Crippen LogP) is 0.0991. The molecule has 4 nitrogen and oxygen atoms in total. The van der Waals surface area contributed by atoms with Crippen molar-refractivity contribution in [2.45, 2.75) is 0 Å². The average molecular weight is 163 g/mol. The number of nitrogens with zero attached hydrogens (tertiary/aromatic N) is 1. The van der Waals surface area contributed by atoms with Crippen LogP contribution < -0.4 is 11.2 Å². The Hall–Kier alpha value is -1.68. The smallest absolute Gasteiger partial charge is 0.157 e. The summed E-state index contributed by atoms with van der Waals surface area (Å²) in [5, 5.41) is 10.5. The van der Waals surface area contributed by atoms with Gasteiger partial charge in [-0.25, -0.2) is 0 Å². The molecular weight excluding hydrogens is 152 g/mol. The van der Waals surface area contributed by atoms with Crippen LogP contribution in [0.1, 0.15) is 0 Å². The third-order valence-corrected chi connectivity index (χ3v) is 1.29. The number of benzene rings is 1. The first-order valence-corrected chi connectivity index (χ1v) is 3.54. The third-order valence-electron chi connectivity index (χ3n) is 1.29. The molecule has 0 fully saturated rings. The summed E-state index contributed by atoms with van der Waals surface area (Å²) in [4.78, 5) is 0. The first kappa shape index (κ1) is 8.42. The highest BCUT2D eigenvalue weighted by Crippen LogP contribution is 2.05. The molecule has 0 saturated heterocycles. The van der Waals surface area contributed by atoms with Gasteiger partial charge in [0.1, 0.15) is 6.21 Å². The molecule has 0 aliphatic carbocycles. The standard InChI is InChI=1S/C8H10N4/c9-4-5-11-12-8-3-1-2-7(10)6-8/h1-6,9,12H,10H2/p+1/b9-4?,11-5-. The van der Waals surface area contributed by atoms with Crippen LogP contribution in [-0.2, 0) is 0 Å². The minimum Gasteiger partial charge on any atom is -0.399 e. The molecule has 5 N–H and O–H groups in total. The Bertz CT molecular complexity index is 293. The van der Waals surface area contributed by atoms with E-state index in [-0.39, 0.29) is 0 Å². The molecular formula is C8H11N4+. The lowest BCUT2D eigenvalue weighted by Gasteiger charge is -1.93. The Morgan fingerprint density at radius 2 is 2.33 bits per heavy atom. The lowest BCUT2D eigenvalue weighted by Crippen LogP contribution is -2.71. The monoisotopic (exact) mass is 163 g/mol. The number of rotatable bonds is 3. The molecule has 0 amide bonds. The summed E-state index contributed by atoms with van der Waals surface area (Å²) in [6.07, 6.45) is 2.53. The topological polar surface area (TPSA) is 78.8 Å². The number of anilines is 1. The van der Waals surface area contributed by atoms with Gasteiger partial charge in [-0.3, -0.25) is 0 Å². The molecule has 12 heavy (non-hydrogen) atoms. The first-order valence-electron chi connectivity index (χ1n) is 3.54. The lowest BCUT2D eigenvalue weighted by molar-refractivity contribution is -0.576. The number of quaternary nitrogens is 1. The maximum Gasteiger partial charge on any atom is 0.157 e. The molecule has 1 aromatic rings. The van der Waals surface area contributed by atoms with Gasteiger partial charge < -0.3 is 11.1 Å². The highest BCUT2D eigenvalue weighted by molar-refractivity contribution is 6.14. The molecule has 0 aliphatic heterocycles. The Balaban J connectivity index is 2.63. The van der Waals surface area contributed by atoms with Gasteiger partial charge in [0, 0.05) is 24.0 Å². The minimum atomic E-state index is 0.716. The molecule has 0 unspecified atom stereocenters. The molecule has 0 heterocycles. The van der Waals surface area contributed by atoms with Crippen LogP contribution in [0, 0.1) is 5.41 Å². The maximum atomic E-state index is 6.69. The lowest BCUT2D eigenvalue weighted by atomic mass is 10.3. The molecule has 1 aromatic carbocycles. The van der Waals surface area contributed by atoms with E-state index in [2.05, 4.69) is 5.10 Å². The summed E-state index contributed by atoms with van der Waals surface area (Å²) in [6.45, 7) is 0. The van der Waals surface area contributed by atoms with Crippen molar-refractivity contribution < 1.29 is 5.43 Å². The van der Waals surface area contributed by atoms with Gasteiger partial charge in [0.15, 0.2) is 5.69 Å². The van der Waals surface area contributed by atoms with E-state index in [0.29, 0.717) is 5.69 Å². The average Bonchev–Trinajstić information content (AvgIpc) is 2.05. The molecule has 62 valence electrons. The van der Waals surface area contributed by atoms with E-state index in [9.17, 15) is 0 Å². The van der Waals surface area contributed by atoms with Crippen LogP contribution in [-0.4, -0.2) is 12.4 Å². The highest BCUT2D eigenvalue weighted by atomic mass is 15.3. The van der Waals surface area contributed by atoms with E-state index in [1.807, 2.05) is 24.3 Å². The fraction of sp³-hybridized carbons (Fsp3) is 0. The van der Waals surface area contributed by atoms with E-state index in [1.54, 1.807) is 5.43 Å². The van der Waals surface area contributed by atoms with Crippen molar-refractivity contribution in [2.24, 2.45) is 5.10 Å². The fourth-order valence-corrected chi connectivity index (χ4v) is 0.811. The van der Waals surface area contributed by atoms with Crippen LogP contribution >= 0.6 is 0 Å². The second-order valence-electron chi connectivity index (χ2n) is 2.26. The molecule has 0 atom stereocenters. The van der Waals surface area contributed by atoms with Crippen LogP contribution in [0.25, 0.3) is 0 Å². The summed E-state index contributed by atoms with van der Waals surface area (Å²) in [7, 11) is 0. The molecule has 0 saturated carbocycles. The van der Waals surface area contributed by atoms with Crippen molar-refractivity contribution in [3.63, 3.8) is 0 Å². The number of nitrogens with one attached hydrogen (secondary N) is 1. The van der Waals surface area contributed by atoms with Crippen LogP contribution in [0.4, 0.5) is 11.4 Å². The van der Waals surface area contributed by atoms with Gasteiger partial charge in [0.05, 0.1) is 0 Å². The van der Waals surface area contributed by atoms with Crippen molar-refractivity contribution in [3.8, 4) is 0 Å². The predicted molar refractivity (Wildman–Crippen MR) is 49.7 cm³/mol. The molecule has 1 rings (SSSR count). The van der Waals surface area contributed by atoms with E-state index in [4.69, 9.17) is 11.1 Å². The summed E-state index contributed by atoms with van der Waals surface area (Å²) in [5.74, 6) is 0. The normalized spacial score (nSPS) is 10.3. The Morgan fingerprint density at radius 3 is 3.00 bits per heavy atom. The van der Waals surface area contributed by atoms with Gasteiger partial charge >= 0.3 is 0 Å². The molecule has 0 radical (unpaired) electrons. The highest BCUT2D eigenvalue weighted by Gasteiger charge is 1.93. The second kappa shape index (κ2) is 4.25. The van der Waals surface area contributed by atoms with Gasteiger partial charge in [-0.1, -0.05) is 11.2 Å². The van der Waals surface area contributed by atoms with Crippen LogP contribution in [0.3, 0.4) is 0 Å². The molecule has 0 aliphatic rings. The Morgan fingerprint density at radius 1 is 1.50 bits per heavy atom. The van der Waals surface area contributed by atoms with Crippen LogP contribution in [0.2, 0.25) is 0 Å². The largest absolute Gasteiger partial charge is 0.399 e. The van der Waals surface area contributed by atoms with E-state index >= 15 is 0 Å². The maximum absolute atomic E-state index is 6.69. The number of nitrogen functional groups attached to an aromatic ring is 1. The Labute approximate surface area is 70.6 Å². The van der Waals surface area contributed by atoms with E-state index < -0.39 is 0 Å². The van der Waals surface area contributed by atoms with Crippen molar-refractivity contribution in [1.82, 2.24) is 0 Å². The summed E-state index contributed by atoms with van der Waals surface area (Å²) in [6, 6.07) is 7.40. The van der Waals surface area contributed by atoms with Gasteiger partial charge in [-0.15, -0.1) is 0 Å². The molecule has 0 aromatic heterocycles. The fourth-order valence-electron chi connectivity index (χ4n) is 0.811. The molecule has 0 bridgehead atoms. The van der Waals surface area contributed by atoms with Crippen molar-refractivity contribution >= 4 is 23.8 Å². The number of nitrogens with two attached hydrogens (primary N) is 2. The van der Waals surface area contributed by atoms with E-state index in [0.717, 1.165) is 11.9 Å². The van der Waals surface area contributed by atoms with Crippen LogP contribution in [0.15, 0.2) is 29.4 Å². The zero-order valence-electron chi connectivity index (χ0n) is 6.57. The number of hydrogen-bond acceptors (Lipinski definition) is 3. The van der Waals surface area contributed by atoms with Crippen molar-refractivity contribution in [3.05, 3.63) is 24.3 Å². The quantitative estimate of drug-likeness (QED) is 0.251. The van der Waals surface area contributed by atoms with Crippen LogP contribution in [0.5, 0.6) is 0 Å². The zero-order chi connectivity index (χ0) is 8.81. The Kier molecular flexibility index (Phi) is 2.98. The summed E-state index contributed by atoms with van der Waals surface area (Å²) < 4.78 is 0. The third kappa shape index (κ3) is 2.51. The second-order valence-corrected chi connectivity index (χ2v) is 2.26. The van der Waals surface area contributed by atoms with Gasteiger partial charge in [0.25, 0.3) is 0 Å². The van der Waals surface area contributed by atoms with E-state index in [1.165, 1.54) is 6.21 Å². The summed E-state index contributed by atoms with van der Waals surface area (Å²) in [5.41, 5.74) is 8.85. The molecule has 4 heteroatoms. The van der Waals surface area contributed by atoms with Gasteiger partial charge in [-0.05, 0) is 6.07 Å². The SMILES string of the molecule is N=C/C=N\[NH2+]c1cccc(N)c1. The first-order chi connectivity index (χ1) is 5.83. The molecule has 0 spiro atoms. The van der Waals surface area contributed by atoms with Gasteiger partial charge in [-0.2, -0.15) is 5.43 Å². The number of hydrogen-bond donors (Lipinski definition) is 3. The van der Waals surface area contributed by atoms with Gasteiger partial charge in [0.2, 0.25) is 0 Å². The summed E-state index contributed by atoms with van der Waals surface area (Å²) >= 11 is 0. The minimum absolute atomic E-state index is 0.716. The van der Waals surface area contributed by atoms with Crippen molar-refractivity contribution in [2.75, 3.05) is 5.73 Å². The van der Waals surface area contributed by atoms with Crippen molar-refractivity contribution in [1.29, 1.82) is 5.41 Å². The zero-order valence-corrected chi connectivity index (χ0v) is 6.57.